The lowest BCUT2D eigenvalue weighted by atomic mass is 9.84. The Bertz CT molecular complexity index is 293. The smallest absolute Gasteiger partial charge is 0.311 e. The van der Waals surface area contributed by atoms with E-state index in [0.717, 1.165) is 0 Å². The molecule has 0 aliphatic rings. The van der Waals surface area contributed by atoms with E-state index >= 15 is 0 Å². The SMILES string of the molecule is CCC(O)C(C)(O)C(O)C(C)COC(=O)C(C)(C)C. The van der Waals surface area contributed by atoms with Crippen LogP contribution in [0, 0.1) is 11.3 Å². The van der Waals surface area contributed by atoms with Gasteiger partial charge in [-0.25, -0.2) is 0 Å². The van der Waals surface area contributed by atoms with Gasteiger partial charge in [-0.3, -0.25) is 4.79 Å². The third-order valence-corrected chi connectivity index (χ3v) is 3.29. The van der Waals surface area contributed by atoms with Crippen molar-refractivity contribution in [3.63, 3.8) is 0 Å². The molecule has 0 saturated carbocycles. The maximum absolute atomic E-state index is 11.6. The zero-order valence-electron chi connectivity index (χ0n) is 12.8. The van der Waals surface area contributed by atoms with Gasteiger partial charge in [0.2, 0.25) is 0 Å². The van der Waals surface area contributed by atoms with E-state index in [-0.39, 0.29) is 12.6 Å². The summed E-state index contributed by atoms with van der Waals surface area (Å²) in [5, 5.41) is 29.9. The van der Waals surface area contributed by atoms with Crippen LogP contribution >= 0.6 is 0 Å². The highest BCUT2D eigenvalue weighted by molar-refractivity contribution is 5.75. The fourth-order valence-electron chi connectivity index (χ4n) is 1.70. The van der Waals surface area contributed by atoms with Crippen molar-refractivity contribution in [3.05, 3.63) is 0 Å². The van der Waals surface area contributed by atoms with Crippen LogP contribution < -0.4 is 0 Å². The molecule has 0 spiro atoms. The predicted octanol–water partition coefficient (Wildman–Crippen LogP) is 1.09. The first-order valence-corrected chi connectivity index (χ1v) is 6.70. The standard InChI is InChI=1S/C14H28O5/c1-7-10(15)14(6,18)11(16)9(2)8-19-12(17)13(3,4)5/h9-11,15-16,18H,7-8H2,1-6H3. The Hall–Kier alpha value is -0.650. The summed E-state index contributed by atoms with van der Waals surface area (Å²) < 4.78 is 5.11. The van der Waals surface area contributed by atoms with E-state index in [0.29, 0.717) is 6.42 Å². The lowest BCUT2D eigenvalue weighted by Gasteiger charge is -2.36. The van der Waals surface area contributed by atoms with Gasteiger partial charge >= 0.3 is 5.97 Å². The average Bonchev–Trinajstić information content (AvgIpc) is 2.31. The van der Waals surface area contributed by atoms with Gasteiger partial charge in [0.15, 0.2) is 0 Å². The largest absolute Gasteiger partial charge is 0.465 e. The van der Waals surface area contributed by atoms with Gasteiger partial charge in [0, 0.05) is 5.92 Å². The summed E-state index contributed by atoms with van der Waals surface area (Å²) in [6, 6.07) is 0. The molecule has 0 aliphatic carbocycles. The van der Waals surface area contributed by atoms with Gasteiger partial charge in [0.25, 0.3) is 0 Å². The minimum Gasteiger partial charge on any atom is -0.465 e. The molecule has 0 amide bonds. The van der Waals surface area contributed by atoms with E-state index in [9.17, 15) is 20.1 Å². The van der Waals surface area contributed by atoms with E-state index in [1.807, 2.05) is 0 Å². The minimum atomic E-state index is -1.62. The molecule has 0 saturated heterocycles. The minimum absolute atomic E-state index is 0.00382. The Kier molecular flexibility index (Phi) is 6.45. The first-order chi connectivity index (χ1) is 8.44. The van der Waals surface area contributed by atoms with Crippen molar-refractivity contribution in [2.24, 2.45) is 11.3 Å². The summed E-state index contributed by atoms with van der Waals surface area (Å²) in [5.74, 6) is -0.829. The Labute approximate surface area is 115 Å². The number of aliphatic hydroxyl groups excluding tert-OH is 2. The zero-order valence-corrected chi connectivity index (χ0v) is 12.8. The number of aliphatic hydroxyl groups is 3. The molecule has 0 aliphatic heterocycles. The van der Waals surface area contributed by atoms with Crippen LogP contribution in [0.2, 0.25) is 0 Å². The van der Waals surface area contributed by atoms with Crippen molar-refractivity contribution in [2.45, 2.75) is 65.8 Å². The molecule has 4 unspecified atom stereocenters. The average molecular weight is 276 g/mol. The highest BCUT2D eigenvalue weighted by Gasteiger charge is 2.40. The Morgan fingerprint density at radius 3 is 2.05 bits per heavy atom. The molecule has 19 heavy (non-hydrogen) atoms. The van der Waals surface area contributed by atoms with E-state index in [4.69, 9.17) is 4.74 Å². The van der Waals surface area contributed by atoms with Crippen molar-refractivity contribution >= 4 is 5.97 Å². The lowest BCUT2D eigenvalue weighted by Crippen LogP contribution is -2.53. The molecule has 0 rings (SSSR count). The van der Waals surface area contributed by atoms with Gasteiger partial charge in [-0.05, 0) is 34.1 Å². The summed E-state index contributed by atoms with van der Waals surface area (Å²) in [4.78, 5) is 11.6. The molecule has 5 nitrogen and oxygen atoms in total. The predicted molar refractivity (Wildman–Crippen MR) is 72.5 cm³/mol. The van der Waals surface area contributed by atoms with E-state index < -0.39 is 29.1 Å². The van der Waals surface area contributed by atoms with E-state index in [1.165, 1.54) is 6.92 Å². The summed E-state index contributed by atoms with van der Waals surface area (Å²) >= 11 is 0. The number of rotatable bonds is 6. The van der Waals surface area contributed by atoms with Crippen molar-refractivity contribution in [1.29, 1.82) is 0 Å². The van der Waals surface area contributed by atoms with Crippen LogP contribution in [0.3, 0.4) is 0 Å². The molecular formula is C14H28O5. The summed E-state index contributed by atoms with van der Waals surface area (Å²) in [5.41, 5.74) is -2.22. The fraction of sp³-hybridized carbons (Fsp3) is 0.929. The Morgan fingerprint density at radius 1 is 1.21 bits per heavy atom. The third kappa shape index (κ3) is 5.09. The molecular weight excluding hydrogens is 248 g/mol. The van der Waals surface area contributed by atoms with Gasteiger partial charge in [0.05, 0.1) is 24.2 Å². The highest BCUT2D eigenvalue weighted by Crippen LogP contribution is 2.24. The number of carbonyl (C=O) groups is 1. The lowest BCUT2D eigenvalue weighted by molar-refractivity contribution is -0.168. The van der Waals surface area contributed by atoms with Crippen LogP contribution in [0.25, 0.3) is 0 Å². The zero-order chi connectivity index (χ0) is 15.4. The molecule has 0 fully saturated rings. The summed E-state index contributed by atoms with van der Waals surface area (Å²) in [7, 11) is 0. The second kappa shape index (κ2) is 6.68. The topological polar surface area (TPSA) is 87.0 Å². The monoisotopic (exact) mass is 276 g/mol. The molecule has 0 heterocycles. The maximum atomic E-state index is 11.6. The summed E-state index contributed by atoms with van der Waals surface area (Å²) in [6.07, 6.45) is -1.86. The van der Waals surface area contributed by atoms with Crippen LogP contribution in [0.5, 0.6) is 0 Å². The van der Waals surface area contributed by atoms with Crippen molar-refractivity contribution in [1.82, 2.24) is 0 Å². The molecule has 0 bridgehead atoms. The van der Waals surface area contributed by atoms with Gasteiger partial charge in [0.1, 0.15) is 5.60 Å². The third-order valence-electron chi connectivity index (χ3n) is 3.29. The van der Waals surface area contributed by atoms with Crippen molar-refractivity contribution in [3.8, 4) is 0 Å². The summed E-state index contributed by atoms with van der Waals surface area (Å²) in [6.45, 7) is 10.00. The number of hydrogen-bond acceptors (Lipinski definition) is 5. The molecule has 5 heteroatoms. The molecule has 0 aromatic carbocycles. The number of hydrogen-bond donors (Lipinski definition) is 3. The van der Waals surface area contributed by atoms with Gasteiger partial charge in [-0.15, -0.1) is 0 Å². The van der Waals surface area contributed by atoms with Crippen molar-refractivity contribution in [2.75, 3.05) is 6.61 Å². The Morgan fingerprint density at radius 2 is 1.68 bits per heavy atom. The second-order valence-corrected chi connectivity index (χ2v) is 6.42. The fourth-order valence-corrected chi connectivity index (χ4v) is 1.70. The first-order valence-electron chi connectivity index (χ1n) is 6.70. The first kappa shape index (κ1) is 18.4. The van der Waals surface area contributed by atoms with Gasteiger partial charge in [-0.1, -0.05) is 13.8 Å². The molecule has 0 aromatic rings. The van der Waals surface area contributed by atoms with Crippen LogP contribution in [-0.2, 0) is 9.53 Å². The number of ether oxygens (including phenoxy) is 1. The molecule has 3 N–H and O–H groups in total. The van der Waals surface area contributed by atoms with E-state index in [1.54, 1.807) is 34.6 Å². The highest BCUT2D eigenvalue weighted by atomic mass is 16.5. The number of esters is 1. The van der Waals surface area contributed by atoms with Gasteiger partial charge in [-0.2, -0.15) is 0 Å². The maximum Gasteiger partial charge on any atom is 0.311 e. The van der Waals surface area contributed by atoms with Crippen LogP contribution in [0.4, 0.5) is 0 Å². The van der Waals surface area contributed by atoms with E-state index in [2.05, 4.69) is 0 Å². The van der Waals surface area contributed by atoms with Gasteiger partial charge < -0.3 is 20.1 Å². The van der Waals surface area contributed by atoms with Crippen LogP contribution in [-0.4, -0.2) is 45.7 Å². The number of carbonyl (C=O) groups excluding carboxylic acids is 1. The Balaban J connectivity index is 4.51. The molecule has 0 aromatic heterocycles. The van der Waals surface area contributed by atoms with Crippen molar-refractivity contribution < 1.29 is 24.9 Å². The molecule has 4 atom stereocenters. The van der Waals surface area contributed by atoms with Crippen LogP contribution in [0.15, 0.2) is 0 Å². The van der Waals surface area contributed by atoms with Crippen LogP contribution in [0.1, 0.15) is 48.0 Å². The second-order valence-electron chi connectivity index (χ2n) is 6.42. The quantitative estimate of drug-likeness (QED) is 0.632. The normalized spacial score (nSPS) is 20.3. The molecule has 0 radical (unpaired) electrons. The molecule has 114 valence electrons.